The molecule has 0 aliphatic carbocycles. The standard InChI is InChI=1S/C15H34O2Si/c1-4-5-6-7-8-9-10-11-12-13-14-15(18,16-2)17-3/h4-14H2,1-3,18H3. The predicted octanol–water partition coefficient (Wildman–Crippen LogP) is 3.61. The van der Waals surface area contributed by atoms with Crippen molar-refractivity contribution < 1.29 is 9.47 Å². The topological polar surface area (TPSA) is 18.5 Å². The van der Waals surface area contributed by atoms with Gasteiger partial charge in [0.1, 0.15) is 5.41 Å². The fraction of sp³-hybridized carbons (Fsp3) is 1.00. The Bertz CT molecular complexity index is 170. The minimum absolute atomic E-state index is 0.236. The van der Waals surface area contributed by atoms with Crippen molar-refractivity contribution in [1.82, 2.24) is 0 Å². The number of hydrogen-bond acceptors (Lipinski definition) is 2. The summed E-state index contributed by atoms with van der Waals surface area (Å²) in [4.78, 5) is 0. The molecule has 0 saturated heterocycles. The molecular weight excluding hydrogens is 240 g/mol. The van der Waals surface area contributed by atoms with Gasteiger partial charge in [-0.25, -0.2) is 0 Å². The van der Waals surface area contributed by atoms with Crippen LogP contribution in [0.15, 0.2) is 0 Å². The van der Waals surface area contributed by atoms with Gasteiger partial charge in [0.15, 0.2) is 0 Å². The summed E-state index contributed by atoms with van der Waals surface area (Å²) >= 11 is 0. The van der Waals surface area contributed by atoms with Crippen LogP contribution >= 0.6 is 0 Å². The van der Waals surface area contributed by atoms with E-state index >= 15 is 0 Å². The molecule has 110 valence electrons. The van der Waals surface area contributed by atoms with Crippen LogP contribution in [0.5, 0.6) is 0 Å². The van der Waals surface area contributed by atoms with Gasteiger partial charge in [-0.1, -0.05) is 64.7 Å². The lowest BCUT2D eigenvalue weighted by Gasteiger charge is -2.26. The Morgan fingerprint density at radius 3 is 1.50 bits per heavy atom. The van der Waals surface area contributed by atoms with E-state index < -0.39 is 0 Å². The van der Waals surface area contributed by atoms with Gasteiger partial charge >= 0.3 is 0 Å². The normalized spacial score (nSPS) is 12.2. The third-order valence-electron chi connectivity index (χ3n) is 3.85. The maximum absolute atomic E-state index is 5.41. The van der Waals surface area contributed by atoms with E-state index in [0.717, 1.165) is 16.7 Å². The predicted molar refractivity (Wildman–Crippen MR) is 83.1 cm³/mol. The Morgan fingerprint density at radius 2 is 1.11 bits per heavy atom. The van der Waals surface area contributed by atoms with Crippen LogP contribution in [-0.4, -0.2) is 29.9 Å². The van der Waals surface area contributed by atoms with Gasteiger partial charge in [-0.15, -0.1) is 0 Å². The van der Waals surface area contributed by atoms with E-state index in [9.17, 15) is 0 Å². The highest BCUT2D eigenvalue weighted by Crippen LogP contribution is 2.17. The third kappa shape index (κ3) is 10.1. The minimum Gasteiger partial charge on any atom is -0.358 e. The second kappa shape index (κ2) is 12.2. The first-order valence-corrected chi connectivity index (χ1v) is 8.79. The number of ether oxygens (including phenoxy) is 2. The SMILES string of the molecule is CCCCCCCCCCCCC([SiH3])(OC)OC. The first-order valence-electron chi connectivity index (χ1n) is 7.79. The number of unbranched alkanes of at least 4 members (excludes halogenated alkanes) is 9. The highest BCUT2D eigenvalue weighted by atomic mass is 28.1. The average Bonchev–Trinajstić information content (AvgIpc) is 2.40. The summed E-state index contributed by atoms with van der Waals surface area (Å²) < 4.78 is 10.8. The van der Waals surface area contributed by atoms with E-state index in [1.807, 2.05) is 0 Å². The van der Waals surface area contributed by atoms with Crippen molar-refractivity contribution in [3.63, 3.8) is 0 Å². The molecule has 0 spiro atoms. The molecule has 0 aliphatic rings. The summed E-state index contributed by atoms with van der Waals surface area (Å²) in [6, 6.07) is 0. The van der Waals surface area contributed by atoms with Crippen LogP contribution in [0.3, 0.4) is 0 Å². The minimum atomic E-state index is -0.236. The monoisotopic (exact) mass is 274 g/mol. The van der Waals surface area contributed by atoms with Crippen LogP contribution in [0.4, 0.5) is 0 Å². The van der Waals surface area contributed by atoms with Crippen LogP contribution < -0.4 is 0 Å². The maximum Gasteiger partial charge on any atom is 0.140 e. The van der Waals surface area contributed by atoms with Crippen LogP contribution in [0.1, 0.15) is 77.6 Å². The number of rotatable bonds is 13. The van der Waals surface area contributed by atoms with E-state index in [1.54, 1.807) is 14.2 Å². The fourth-order valence-electron chi connectivity index (χ4n) is 2.22. The Kier molecular flexibility index (Phi) is 12.3. The van der Waals surface area contributed by atoms with Crippen molar-refractivity contribution in [3.05, 3.63) is 0 Å². The molecule has 0 N–H and O–H groups in total. The number of hydrogen-bond donors (Lipinski definition) is 0. The van der Waals surface area contributed by atoms with Crippen molar-refractivity contribution in [2.24, 2.45) is 0 Å². The zero-order valence-corrected chi connectivity index (χ0v) is 15.1. The molecule has 0 aromatic carbocycles. The molecular formula is C15H34O2Si. The first-order chi connectivity index (χ1) is 8.68. The van der Waals surface area contributed by atoms with Crippen LogP contribution in [-0.2, 0) is 9.47 Å². The van der Waals surface area contributed by atoms with Crippen LogP contribution in [0.25, 0.3) is 0 Å². The van der Waals surface area contributed by atoms with Crippen molar-refractivity contribution in [1.29, 1.82) is 0 Å². The third-order valence-corrected chi connectivity index (χ3v) is 5.16. The van der Waals surface area contributed by atoms with Crippen LogP contribution in [0.2, 0.25) is 0 Å². The average molecular weight is 275 g/mol. The van der Waals surface area contributed by atoms with Gasteiger partial charge in [0.05, 0.1) is 10.2 Å². The molecule has 0 bridgehead atoms. The van der Waals surface area contributed by atoms with E-state index in [0.29, 0.717) is 0 Å². The highest BCUT2D eigenvalue weighted by molar-refractivity contribution is 6.13. The molecule has 0 saturated carbocycles. The van der Waals surface area contributed by atoms with Gasteiger partial charge in [-0.2, -0.15) is 0 Å². The maximum atomic E-state index is 5.41. The molecule has 0 amide bonds. The molecule has 0 fully saturated rings. The Labute approximate surface area is 117 Å². The van der Waals surface area contributed by atoms with Gasteiger partial charge in [-0.05, 0) is 12.8 Å². The quantitative estimate of drug-likeness (QED) is 0.290. The molecule has 0 atom stereocenters. The summed E-state index contributed by atoms with van der Waals surface area (Å²) in [7, 11) is 4.46. The van der Waals surface area contributed by atoms with Gasteiger partial charge in [-0.3, -0.25) is 0 Å². The Hall–Kier alpha value is 0.137. The molecule has 0 aromatic rings. The summed E-state index contributed by atoms with van der Waals surface area (Å²) in [5.74, 6) is 0. The summed E-state index contributed by atoms with van der Waals surface area (Å²) in [5.41, 5.74) is -0.236. The molecule has 3 heteroatoms. The largest absolute Gasteiger partial charge is 0.358 e. The zero-order chi connectivity index (χ0) is 13.7. The van der Waals surface area contributed by atoms with E-state index in [1.165, 1.54) is 64.2 Å². The van der Waals surface area contributed by atoms with Crippen molar-refractivity contribution in [2.45, 2.75) is 83.0 Å². The summed E-state index contributed by atoms with van der Waals surface area (Å²) in [6.45, 7) is 2.27. The lowest BCUT2D eigenvalue weighted by Crippen LogP contribution is -2.33. The first kappa shape index (κ1) is 18.1. The molecule has 0 rings (SSSR count). The van der Waals surface area contributed by atoms with Crippen molar-refractivity contribution in [3.8, 4) is 0 Å². The Morgan fingerprint density at radius 1 is 0.722 bits per heavy atom. The van der Waals surface area contributed by atoms with Crippen molar-refractivity contribution >= 4 is 10.2 Å². The lowest BCUT2D eigenvalue weighted by atomic mass is 10.1. The van der Waals surface area contributed by atoms with Crippen molar-refractivity contribution in [2.75, 3.05) is 14.2 Å². The Balaban J connectivity index is 3.21. The van der Waals surface area contributed by atoms with Gasteiger partial charge < -0.3 is 9.47 Å². The van der Waals surface area contributed by atoms with Gasteiger partial charge in [0, 0.05) is 14.2 Å². The second-order valence-electron chi connectivity index (χ2n) is 5.47. The zero-order valence-electron chi connectivity index (χ0n) is 13.1. The lowest BCUT2D eigenvalue weighted by molar-refractivity contribution is -0.146. The second-order valence-corrected chi connectivity index (χ2v) is 7.00. The van der Waals surface area contributed by atoms with Gasteiger partial charge in [0.2, 0.25) is 0 Å². The molecule has 0 unspecified atom stereocenters. The molecule has 0 aromatic heterocycles. The summed E-state index contributed by atoms with van der Waals surface area (Å²) in [5, 5.41) is 0. The van der Waals surface area contributed by atoms with E-state index in [-0.39, 0.29) is 5.41 Å². The molecule has 0 radical (unpaired) electrons. The summed E-state index contributed by atoms with van der Waals surface area (Å²) in [6.07, 6.45) is 14.9. The number of methoxy groups -OCH3 is 2. The fourth-order valence-corrected chi connectivity index (χ4v) is 2.57. The highest BCUT2D eigenvalue weighted by Gasteiger charge is 2.20. The smallest absolute Gasteiger partial charge is 0.140 e. The molecule has 2 nitrogen and oxygen atoms in total. The van der Waals surface area contributed by atoms with E-state index in [4.69, 9.17) is 9.47 Å². The molecule has 0 heterocycles. The van der Waals surface area contributed by atoms with E-state index in [2.05, 4.69) is 6.92 Å². The molecule has 0 aliphatic heterocycles. The van der Waals surface area contributed by atoms with Gasteiger partial charge in [0.25, 0.3) is 0 Å². The van der Waals surface area contributed by atoms with Crippen LogP contribution in [0, 0.1) is 0 Å². The molecule has 18 heavy (non-hydrogen) atoms.